The van der Waals surface area contributed by atoms with Crippen LogP contribution in [0.5, 0.6) is 0 Å². The molecule has 0 radical (unpaired) electrons. The zero-order valence-corrected chi connectivity index (χ0v) is 13.4. The summed E-state index contributed by atoms with van der Waals surface area (Å²) in [5.74, 6) is 0. The molecule has 0 bridgehead atoms. The van der Waals surface area contributed by atoms with E-state index in [2.05, 4.69) is 15.6 Å². The smallest absolute Gasteiger partial charge is 0.361 e. The van der Waals surface area contributed by atoms with E-state index >= 15 is 0 Å². The highest BCUT2D eigenvalue weighted by atomic mass is 19.4. The van der Waals surface area contributed by atoms with Crippen LogP contribution in [0.15, 0.2) is 48.7 Å². The molecule has 2 amide bonds. The van der Waals surface area contributed by atoms with Crippen molar-refractivity contribution >= 4 is 22.6 Å². The number of aryl methyl sites for hydroxylation is 1. The SMILES string of the molecule is Cc1ccc(CNC(=O)Nc2ccc3cc[nH]c3c2)cc1C(F)(F)F. The first-order valence-electron chi connectivity index (χ1n) is 7.61. The quantitative estimate of drug-likeness (QED) is 0.625. The lowest BCUT2D eigenvalue weighted by atomic mass is 10.0. The van der Waals surface area contributed by atoms with Gasteiger partial charge in [0.2, 0.25) is 0 Å². The Hall–Kier alpha value is -2.96. The van der Waals surface area contributed by atoms with Crippen LogP contribution in [0.1, 0.15) is 16.7 Å². The van der Waals surface area contributed by atoms with Gasteiger partial charge in [-0.25, -0.2) is 4.79 Å². The minimum atomic E-state index is -4.41. The summed E-state index contributed by atoms with van der Waals surface area (Å²) in [5, 5.41) is 6.24. The number of amides is 2. The van der Waals surface area contributed by atoms with Gasteiger partial charge in [-0.2, -0.15) is 13.2 Å². The van der Waals surface area contributed by atoms with Gasteiger partial charge >= 0.3 is 12.2 Å². The molecule has 3 rings (SSSR count). The largest absolute Gasteiger partial charge is 0.416 e. The highest BCUT2D eigenvalue weighted by Gasteiger charge is 2.32. The van der Waals surface area contributed by atoms with Crippen LogP contribution in [-0.2, 0) is 12.7 Å². The number of anilines is 1. The van der Waals surface area contributed by atoms with Crippen molar-refractivity contribution in [1.82, 2.24) is 10.3 Å². The number of hydrogen-bond acceptors (Lipinski definition) is 1. The van der Waals surface area contributed by atoms with E-state index in [9.17, 15) is 18.0 Å². The average molecular weight is 347 g/mol. The number of halogens is 3. The average Bonchev–Trinajstić information content (AvgIpc) is 3.00. The topological polar surface area (TPSA) is 56.9 Å². The summed E-state index contributed by atoms with van der Waals surface area (Å²) in [4.78, 5) is 15.0. The van der Waals surface area contributed by atoms with E-state index in [1.54, 1.807) is 24.4 Å². The standard InChI is InChI=1S/C18H16F3N3O/c1-11-2-3-12(8-15(11)18(19,20)21)10-23-17(25)24-14-5-4-13-6-7-22-16(13)9-14/h2-9,22H,10H2,1H3,(H2,23,24,25). The molecule has 1 heterocycles. The van der Waals surface area contributed by atoms with Crippen LogP contribution in [0.2, 0.25) is 0 Å². The van der Waals surface area contributed by atoms with Gasteiger partial charge in [0.25, 0.3) is 0 Å². The highest BCUT2D eigenvalue weighted by molar-refractivity contribution is 5.92. The van der Waals surface area contributed by atoms with Crippen molar-refractivity contribution in [2.24, 2.45) is 0 Å². The van der Waals surface area contributed by atoms with Crippen LogP contribution in [0.3, 0.4) is 0 Å². The van der Waals surface area contributed by atoms with Crippen molar-refractivity contribution in [3.05, 3.63) is 65.4 Å². The third-order valence-corrected chi connectivity index (χ3v) is 3.87. The molecule has 0 aliphatic heterocycles. The normalized spacial score (nSPS) is 11.5. The summed E-state index contributed by atoms with van der Waals surface area (Å²) in [5.41, 5.74) is 1.32. The highest BCUT2D eigenvalue weighted by Crippen LogP contribution is 2.32. The first-order chi connectivity index (χ1) is 11.8. The van der Waals surface area contributed by atoms with Gasteiger partial charge in [-0.3, -0.25) is 0 Å². The van der Waals surface area contributed by atoms with E-state index in [4.69, 9.17) is 0 Å². The van der Waals surface area contributed by atoms with Crippen LogP contribution in [0.4, 0.5) is 23.7 Å². The summed E-state index contributed by atoms with van der Waals surface area (Å²) in [6.45, 7) is 1.41. The van der Waals surface area contributed by atoms with Gasteiger partial charge in [0.15, 0.2) is 0 Å². The van der Waals surface area contributed by atoms with Gasteiger partial charge in [0.1, 0.15) is 0 Å². The number of carbonyl (C=O) groups excluding carboxylic acids is 1. The number of H-pyrrole nitrogens is 1. The Morgan fingerprint density at radius 1 is 1.12 bits per heavy atom. The minimum absolute atomic E-state index is 0.0000599. The maximum absolute atomic E-state index is 12.9. The number of fused-ring (bicyclic) bond motifs is 1. The van der Waals surface area contributed by atoms with Gasteiger partial charge in [-0.05, 0) is 47.7 Å². The first-order valence-corrected chi connectivity index (χ1v) is 7.61. The van der Waals surface area contributed by atoms with Crippen LogP contribution >= 0.6 is 0 Å². The monoisotopic (exact) mass is 347 g/mol. The molecule has 3 N–H and O–H groups in total. The summed E-state index contributed by atoms with van der Waals surface area (Å²) in [6.07, 6.45) is -2.61. The van der Waals surface area contributed by atoms with Crippen molar-refractivity contribution in [2.45, 2.75) is 19.6 Å². The predicted octanol–water partition coefficient (Wildman–Crippen LogP) is 4.82. The molecule has 0 saturated carbocycles. The lowest BCUT2D eigenvalue weighted by Gasteiger charge is -2.13. The molecule has 2 aromatic carbocycles. The Kier molecular flexibility index (Phi) is 4.39. The number of aromatic nitrogens is 1. The number of hydrogen-bond donors (Lipinski definition) is 3. The Morgan fingerprint density at radius 2 is 1.92 bits per heavy atom. The number of urea groups is 1. The summed E-state index contributed by atoms with van der Waals surface area (Å²) in [7, 11) is 0. The molecule has 1 aromatic heterocycles. The molecule has 0 saturated heterocycles. The van der Waals surface area contributed by atoms with E-state index in [1.165, 1.54) is 13.0 Å². The zero-order valence-electron chi connectivity index (χ0n) is 13.4. The number of rotatable bonds is 3. The van der Waals surface area contributed by atoms with Crippen molar-refractivity contribution < 1.29 is 18.0 Å². The van der Waals surface area contributed by atoms with Gasteiger partial charge in [-0.1, -0.05) is 18.2 Å². The molecule has 130 valence electrons. The van der Waals surface area contributed by atoms with Crippen LogP contribution in [0.25, 0.3) is 10.9 Å². The molecule has 4 nitrogen and oxygen atoms in total. The Labute approximate surface area is 142 Å². The fraction of sp³-hybridized carbons (Fsp3) is 0.167. The van der Waals surface area contributed by atoms with Crippen molar-refractivity contribution in [3.8, 4) is 0 Å². The van der Waals surface area contributed by atoms with Crippen LogP contribution in [0, 0.1) is 6.92 Å². The van der Waals surface area contributed by atoms with Gasteiger partial charge in [0, 0.05) is 23.9 Å². The van der Waals surface area contributed by atoms with Gasteiger partial charge in [0.05, 0.1) is 5.56 Å². The molecule has 0 unspecified atom stereocenters. The van der Waals surface area contributed by atoms with E-state index in [-0.39, 0.29) is 12.1 Å². The van der Waals surface area contributed by atoms with Crippen molar-refractivity contribution in [2.75, 3.05) is 5.32 Å². The number of carbonyl (C=O) groups is 1. The molecule has 0 aliphatic carbocycles. The number of aromatic amines is 1. The predicted molar refractivity (Wildman–Crippen MR) is 90.3 cm³/mol. The third-order valence-electron chi connectivity index (χ3n) is 3.87. The number of nitrogens with one attached hydrogen (secondary N) is 3. The summed E-state index contributed by atoms with van der Waals surface area (Å²) >= 11 is 0. The molecule has 0 aliphatic rings. The molecule has 7 heteroatoms. The summed E-state index contributed by atoms with van der Waals surface area (Å²) in [6, 6.07) is 10.8. The lowest BCUT2D eigenvalue weighted by Crippen LogP contribution is -2.28. The Balaban J connectivity index is 1.64. The van der Waals surface area contributed by atoms with Crippen LogP contribution in [-0.4, -0.2) is 11.0 Å². The maximum Gasteiger partial charge on any atom is 0.416 e. The first kappa shape index (κ1) is 16.9. The number of benzene rings is 2. The second kappa shape index (κ2) is 6.51. The second-order valence-electron chi connectivity index (χ2n) is 5.73. The third kappa shape index (κ3) is 3.93. The molecule has 0 atom stereocenters. The number of alkyl halides is 3. The summed E-state index contributed by atoms with van der Waals surface area (Å²) < 4.78 is 38.7. The maximum atomic E-state index is 12.9. The van der Waals surface area contributed by atoms with Crippen molar-refractivity contribution in [3.63, 3.8) is 0 Å². The lowest BCUT2D eigenvalue weighted by molar-refractivity contribution is -0.138. The van der Waals surface area contributed by atoms with E-state index < -0.39 is 17.8 Å². The zero-order chi connectivity index (χ0) is 18.0. The fourth-order valence-electron chi connectivity index (χ4n) is 2.57. The molecular weight excluding hydrogens is 331 g/mol. The molecule has 25 heavy (non-hydrogen) atoms. The minimum Gasteiger partial charge on any atom is -0.361 e. The van der Waals surface area contributed by atoms with E-state index in [0.29, 0.717) is 11.3 Å². The van der Waals surface area contributed by atoms with Crippen LogP contribution < -0.4 is 10.6 Å². The van der Waals surface area contributed by atoms with Crippen molar-refractivity contribution in [1.29, 1.82) is 0 Å². The van der Waals surface area contributed by atoms with Gasteiger partial charge in [-0.15, -0.1) is 0 Å². The van der Waals surface area contributed by atoms with E-state index in [1.807, 2.05) is 12.1 Å². The fourth-order valence-corrected chi connectivity index (χ4v) is 2.57. The molecular formula is C18H16F3N3O. The molecule has 0 fully saturated rings. The Bertz CT molecular complexity index is 915. The Morgan fingerprint density at radius 3 is 2.68 bits per heavy atom. The molecule has 3 aromatic rings. The van der Waals surface area contributed by atoms with E-state index in [0.717, 1.165) is 17.0 Å². The molecule has 0 spiro atoms. The second-order valence-corrected chi connectivity index (χ2v) is 5.73. The van der Waals surface area contributed by atoms with Gasteiger partial charge < -0.3 is 15.6 Å².